The van der Waals surface area contributed by atoms with E-state index >= 15 is 0 Å². The number of hydrogen-bond donors (Lipinski definition) is 3. The molecule has 4 N–H and O–H groups in total. The van der Waals surface area contributed by atoms with Gasteiger partial charge in [-0.3, -0.25) is 4.79 Å². The molecule has 1 aromatic carbocycles. The summed E-state index contributed by atoms with van der Waals surface area (Å²) in [5.74, 6) is -0.583. The van der Waals surface area contributed by atoms with E-state index < -0.39 is 11.4 Å². The maximum Gasteiger partial charge on any atom is 0.268 e. The van der Waals surface area contributed by atoms with Gasteiger partial charge in [0.2, 0.25) is 0 Å². The van der Waals surface area contributed by atoms with Crippen molar-refractivity contribution >= 4 is 16.7 Å². The Morgan fingerprint density at radius 2 is 1.86 bits per heavy atom. The summed E-state index contributed by atoms with van der Waals surface area (Å²) in [6.45, 7) is 0. The number of nitriles is 2. The Labute approximate surface area is 123 Å². The topological polar surface area (TPSA) is 122 Å². The van der Waals surface area contributed by atoms with Crippen molar-refractivity contribution in [3.63, 3.8) is 0 Å². The van der Waals surface area contributed by atoms with Crippen LogP contribution in [0.1, 0.15) is 11.1 Å². The summed E-state index contributed by atoms with van der Waals surface area (Å²) in [6, 6.07) is 7.81. The van der Waals surface area contributed by atoms with Crippen LogP contribution in [0.3, 0.4) is 0 Å². The molecule has 0 amide bonds. The second-order valence-corrected chi connectivity index (χ2v) is 4.58. The molecule has 2 heterocycles. The van der Waals surface area contributed by atoms with Crippen LogP contribution in [0.15, 0.2) is 29.2 Å². The molecule has 0 aliphatic rings. The normalized spacial score (nSPS) is 10.3. The SMILES string of the molecule is N#Cc1c(N)[nH]c(=O)c(C#N)c1-c1ccc(F)c2cc[nH]c12. The summed E-state index contributed by atoms with van der Waals surface area (Å²) in [4.78, 5) is 17.0. The lowest BCUT2D eigenvalue weighted by molar-refractivity contribution is 0.640. The average Bonchev–Trinajstić information content (AvgIpc) is 2.98. The van der Waals surface area contributed by atoms with Gasteiger partial charge >= 0.3 is 0 Å². The van der Waals surface area contributed by atoms with Crippen LogP contribution in [-0.4, -0.2) is 9.97 Å². The Kier molecular flexibility index (Phi) is 2.90. The van der Waals surface area contributed by atoms with E-state index in [0.717, 1.165) is 0 Å². The monoisotopic (exact) mass is 293 g/mol. The fraction of sp³-hybridized carbons (Fsp3) is 0. The molecule has 6 nitrogen and oxygen atoms in total. The predicted octanol–water partition coefficient (Wildman–Crippen LogP) is 1.99. The summed E-state index contributed by atoms with van der Waals surface area (Å²) in [5, 5.41) is 18.8. The zero-order valence-corrected chi connectivity index (χ0v) is 11.1. The third-order valence-electron chi connectivity index (χ3n) is 3.41. The van der Waals surface area contributed by atoms with Gasteiger partial charge < -0.3 is 15.7 Å². The first-order valence-electron chi connectivity index (χ1n) is 6.20. The van der Waals surface area contributed by atoms with Gasteiger partial charge in [-0.25, -0.2) is 4.39 Å². The van der Waals surface area contributed by atoms with Gasteiger partial charge in [-0.15, -0.1) is 0 Å². The van der Waals surface area contributed by atoms with Crippen LogP contribution in [0.4, 0.5) is 10.2 Å². The maximum atomic E-state index is 13.8. The number of halogens is 1. The predicted molar refractivity (Wildman–Crippen MR) is 78.2 cm³/mol. The summed E-state index contributed by atoms with van der Waals surface area (Å²) >= 11 is 0. The van der Waals surface area contributed by atoms with Crippen LogP contribution in [0.5, 0.6) is 0 Å². The van der Waals surface area contributed by atoms with E-state index in [1.54, 1.807) is 6.07 Å². The van der Waals surface area contributed by atoms with E-state index in [1.165, 1.54) is 24.4 Å². The molecule has 0 saturated heterocycles. The Hall–Kier alpha value is -3.58. The molecule has 0 atom stereocenters. The molecule has 0 fully saturated rings. The third-order valence-corrected chi connectivity index (χ3v) is 3.41. The smallest absolute Gasteiger partial charge is 0.268 e. The number of benzene rings is 1. The highest BCUT2D eigenvalue weighted by Crippen LogP contribution is 2.33. The lowest BCUT2D eigenvalue weighted by atomic mass is 9.95. The van der Waals surface area contributed by atoms with E-state index in [9.17, 15) is 19.7 Å². The van der Waals surface area contributed by atoms with Gasteiger partial charge in [0.1, 0.15) is 34.9 Å². The number of nitrogen functional groups attached to an aromatic ring is 1. The number of H-pyrrole nitrogens is 2. The number of nitrogens with zero attached hydrogens (tertiary/aromatic N) is 2. The van der Waals surface area contributed by atoms with Crippen LogP contribution < -0.4 is 11.3 Å². The number of pyridine rings is 1. The largest absolute Gasteiger partial charge is 0.384 e. The van der Waals surface area contributed by atoms with Crippen LogP contribution in [0.25, 0.3) is 22.0 Å². The third kappa shape index (κ3) is 1.74. The number of fused-ring (bicyclic) bond motifs is 1. The molecule has 106 valence electrons. The number of nitrogens with one attached hydrogen (secondary N) is 2. The molecule has 0 aliphatic heterocycles. The Morgan fingerprint density at radius 3 is 2.55 bits per heavy atom. The van der Waals surface area contributed by atoms with E-state index in [2.05, 4.69) is 9.97 Å². The van der Waals surface area contributed by atoms with E-state index in [0.29, 0.717) is 16.5 Å². The minimum absolute atomic E-state index is 0.0290. The van der Waals surface area contributed by atoms with Gasteiger partial charge in [0.05, 0.1) is 5.52 Å². The highest BCUT2D eigenvalue weighted by Gasteiger charge is 2.20. The fourth-order valence-corrected chi connectivity index (χ4v) is 2.44. The first-order chi connectivity index (χ1) is 10.6. The van der Waals surface area contributed by atoms with Gasteiger partial charge in [0, 0.05) is 22.7 Å². The highest BCUT2D eigenvalue weighted by molar-refractivity contribution is 5.98. The molecule has 7 heteroatoms. The molecule has 22 heavy (non-hydrogen) atoms. The summed E-state index contributed by atoms with van der Waals surface area (Å²) in [5.41, 5.74) is 5.55. The second-order valence-electron chi connectivity index (χ2n) is 4.58. The first kappa shape index (κ1) is 13.4. The fourth-order valence-electron chi connectivity index (χ4n) is 2.44. The van der Waals surface area contributed by atoms with Gasteiger partial charge in [0.25, 0.3) is 5.56 Å². The van der Waals surface area contributed by atoms with Crippen molar-refractivity contribution in [3.05, 3.63) is 51.7 Å². The Balaban J connectivity index is 2.54. The van der Waals surface area contributed by atoms with Crippen molar-refractivity contribution < 1.29 is 4.39 Å². The Bertz CT molecular complexity index is 1050. The lowest BCUT2D eigenvalue weighted by Gasteiger charge is -2.10. The van der Waals surface area contributed by atoms with Crippen molar-refractivity contribution in [2.45, 2.75) is 0 Å². The van der Waals surface area contributed by atoms with Gasteiger partial charge in [0.15, 0.2) is 0 Å². The van der Waals surface area contributed by atoms with Gasteiger partial charge in [-0.2, -0.15) is 10.5 Å². The molecular formula is C15H8FN5O. The molecule has 3 aromatic rings. The lowest BCUT2D eigenvalue weighted by Crippen LogP contribution is -2.16. The number of nitrogens with two attached hydrogens (primary N) is 1. The van der Waals surface area contributed by atoms with Crippen molar-refractivity contribution in [3.8, 4) is 23.3 Å². The van der Waals surface area contributed by atoms with Crippen molar-refractivity contribution in [2.75, 3.05) is 5.73 Å². The van der Waals surface area contributed by atoms with E-state index in [1.807, 2.05) is 6.07 Å². The average molecular weight is 293 g/mol. The minimum Gasteiger partial charge on any atom is -0.384 e. The van der Waals surface area contributed by atoms with Crippen LogP contribution >= 0.6 is 0 Å². The second kappa shape index (κ2) is 4.76. The molecule has 3 rings (SSSR count). The summed E-state index contributed by atoms with van der Waals surface area (Å²) in [7, 11) is 0. The van der Waals surface area contributed by atoms with Crippen molar-refractivity contribution in [1.82, 2.24) is 9.97 Å². The standard InChI is InChI=1S/C15H8FN5O/c16-11-2-1-8(13-7(11)3-4-20-13)12-9(5-17)14(19)21-15(22)10(12)6-18/h1-4,20H,(H3,19,21,22). The molecule has 2 aromatic heterocycles. The van der Waals surface area contributed by atoms with Crippen molar-refractivity contribution in [1.29, 1.82) is 10.5 Å². The summed E-state index contributed by atoms with van der Waals surface area (Å²) in [6.07, 6.45) is 1.53. The number of aromatic amines is 2. The van der Waals surface area contributed by atoms with E-state index in [4.69, 9.17) is 5.73 Å². The minimum atomic E-state index is -0.696. The molecule has 0 aliphatic carbocycles. The molecule has 0 radical (unpaired) electrons. The summed E-state index contributed by atoms with van der Waals surface area (Å²) < 4.78 is 13.8. The molecule has 0 bridgehead atoms. The molecule has 0 unspecified atom stereocenters. The number of aromatic nitrogens is 2. The zero-order valence-electron chi connectivity index (χ0n) is 11.1. The number of anilines is 1. The quantitative estimate of drug-likeness (QED) is 0.634. The van der Waals surface area contributed by atoms with Crippen LogP contribution in [0.2, 0.25) is 0 Å². The van der Waals surface area contributed by atoms with Gasteiger partial charge in [-0.1, -0.05) is 0 Å². The van der Waals surface area contributed by atoms with Crippen molar-refractivity contribution in [2.24, 2.45) is 0 Å². The maximum absolute atomic E-state index is 13.8. The highest BCUT2D eigenvalue weighted by atomic mass is 19.1. The molecule has 0 saturated carbocycles. The van der Waals surface area contributed by atoms with Crippen LogP contribution in [0, 0.1) is 28.5 Å². The van der Waals surface area contributed by atoms with Crippen LogP contribution in [-0.2, 0) is 0 Å². The molecular weight excluding hydrogens is 285 g/mol. The number of hydrogen-bond acceptors (Lipinski definition) is 4. The molecule has 0 spiro atoms. The number of rotatable bonds is 1. The Morgan fingerprint density at radius 1 is 1.14 bits per heavy atom. The zero-order chi connectivity index (χ0) is 15.9. The first-order valence-corrected chi connectivity index (χ1v) is 6.20. The van der Waals surface area contributed by atoms with E-state index in [-0.39, 0.29) is 22.5 Å². The van der Waals surface area contributed by atoms with Gasteiger partial charge in [-0.05, 0) is 18.2 Å².